The summed E-state index contributed by atoms with van der Waals surface area (Å²) in [5.74, 6) is -2.17. The van der Waals surface area contributed by atoms with E-state index in [9.17, 15) is 22.7 Å². The average molecular weight is 487 g/mol. The van der Waals surface area contributed by atoms with Crippen LogP contribution in [0.4, 0.5) is 15.8 Å². The second kappa shape index (κ2) is 10.9. The quantitative estimate of drug-likeness (QED) is 0.381. The molecule has 0 bridgehead atoms. The lowest BCUT2D eigenvalue weighted by molar-refractivity contribution is -0.136. The Morgan fingerprint density at radius 1 is 1.09 bits per heavy atom. The van der Waals surface area contributed by atoms with Gasteiger partial charge in [-0.3, -0.25) is 14.1 Å². The highest BCUT2D eigenvalue weighted by atomic mass is 32.2. The zero-order valence-electron chi connectivity index (χ0n) is 18.4. The number of benzene rings is 3. The summed E-state index contributed by atoms with van der Waals surface area (Å²) in [6, 6.07) is 14.6. The molecule has 0 aliphatic carbocycles. The number of aliphatic carboxylic acids is 1. The van der Waals surface area contributed by atoms with Gasteiger partial charge in [0.1, 0.15) is 17.3 Å². The van der Waals surface area contributed by atoms with Gasteiger partial charge < -0.3 is 15.2 Å². The molecule has 0 saturated carbocycles. The fraction of sp³-hybridized carbons (Fsp3) is 0.167. The van der Waals surface area contributed by atoms with Crippen molar-refractivity contribution in [1.82, 2.24) is 5.32 Å². The van der Waals surface area contributed by atoms with E-state index in [1.807, 2.05) is 6.92 Å². The Morgan fingerprint density at radius 2 is 1.79 bits per heavy atom. The molecule has 0 spiro atoms. The molecular weight excluding hydrogens is 463 g/mol. The molecule has 178 valence electrons. The van der Waals surface area contributed by atoms with Crippen molar-refractivity contribution in [3.05, 3.63) is 83.2 Å². The molecule has 0 aromatic heterocycles. The average Bonchev–Trinajstić information content (AvgIpc) is 2.75. The molecule has 1 unspecified atom stereocenters. The predicted octanol–water partition coefficient (Wildman–Crippen LogP) is 4.58. The largest absolute Gasteiger partial charge is 0.481 e. The van der Waals surface area contributed by atoms with Crippen LogP contribution in [0.5, 0.6) is 11.5 Å². The summed E-state index contributed by atoms with van der Waals surface area (Å²) in [5.41, 5.74) is 1.78. The number of nitrogens with zero attached hydrogens (tertiary/aromatic N) is 1. The minimum atomic E-state index is -2.55. The van der Waals surface area contributed by atoms with Crippen molar-refractivity contribution in [2.75, 3.05) is 10.8 Å². The zero-order valence-corrected chi connectivity index (χ0v) is 19.3. The van der Waals surface area contributed by atoms with Gasteiger partial charge in [-0.25, -0.2) is 12.9 Å². The van der Waals surface area contributed by atoms with Crippen molar-refractivity contribution in [3.63, 3.8) is 0 Å². The van der Waals surface area contributed by atoms with Crippen LogP contribution in [0.25, 0.3) is 0 Å². The van der Waals surface area contributed by atoms with E-state index in [0.717, 1.165) is 22.0 Å². The summed E-state index contributed by atoms with van der Waals surface area (Å²) in [5, 5.41) is 11.7. The van der Waals surface area contributed by atoms with Crippen LogP contribution < -0.4 is 14.4 Å². The number of carbonyl (C=O) groups is 2. The number of carboxylic acids is 1. The normalized spacial score (nSPS) is 11.5. The van der Waals surface area contributed by atoms with Gasteiger partial charge in [-0.15, -0.1) is 0 Å². The van der Waals surface area contributed by atoms with Crippen molar-refractivity contribution in [3.8, 4) is 11.5 Å². The fourth-order valence-corrected chi connectivity index (χ4v) is 3.86. The van der Waals surface area contributed by atoms with Crippen LogP contribution >= 0.6 is 0 Å². The number of nitrogens with one attached hydrogen (secondary N) is 1. The number of aryl methyl sites for hydroxylation is 1. The molecule has 0 radical (unpaired) electrons. The molecule has 10 heteroatoms. The van der Waals surface area contributed by atoms with Gasteiger partial charge in [0.15, 0.2) is 5.75 Å². The Labute approximate surface area is 198 Å². The number of rotatable bonds is 9. The topological polar surface area (TPSA) is 116 Å². The monoisotopic (exact) mass is 486 g/mol. The van der Waals surface area contributed by atoms with Gasteiger partial charge in [0.25, 0.3) is 17.2 Å². The third-order valence-electron chi connectivity index (χ3n) is 4.72. The maximum atomic E-state index is 14.1. The number of hydrogen-bond donors (Lipinski definition) is 3. The van der Waals surface area contributed by atoms with Gasteiger partial charge in [0, 0.05) is 18.2 Å². The second-order valence-corrected chi connectivity index (χ2v) is 8.20. The second-order valence-electron chi connectivity index (χ2n) is 7.37. The first-order chi connectivity index (χ1) is 16.2. The van der Waals surface area contributed by atoms with E-state index in [1.54, 1.807) is 31.2 Å². The first kappa shape index (κ1) is 24.9. The van der Waals surface area contributed by atoms with Crippen LogP contribution in [-0.2, 0) is 22.5 Å². The van der Waals surface area contributed by atoms with E-state index in [-0.39, 0.29) is 28.3 Å². The van der Waals surface area contributed by atoms with Gasteiger partial charge in [-0.2, -0.15) is 0 Å². The molecule has 3 rings (SSSR count). The predicted molar refractivity (Wildman–Crippen MR) is 126 cm³/mol. The highest BCUT2D eigenvalue weighted by molar-refractivity contribution is 7.81. The van der Waals surface area contributed by atoms with Gasteiger partial charge in [0.05, 0.1) is 12.1 Å². The summed E-state index contributed by atoms with van der Waals surface area (Å²) >= 11 is -2.55. The minimum Gasteiger partial charge on any atom is -0.481 e. The van der Waals surface area contributed by atoms with Gasteiger partial charge in [-0.05, 0) is 61.9 Å². The number of ether oxygens (including phenoxy) is 1. The highest BCUT2D eigenvalue weighted by Gasteiger charge is 2.22. The molecule has 8 nitrogen and oxygen atoms in total. The third kappa shape index (κ3) is 6.18. The first-order valence-electron chi connectivity index (χ1n) is 10.3. The van der Waals surface area contributed by atoms with E-state index in [1.165, 1.54) is 24.3 Å². The number of amides is 1. The SMILES string of the molecule is CCNC(=O)c1ccc(Oc2cc(F)cc(CC(=O)O)c2)c(N(c2ccc(C)cc2)S(=O)O)c1. The van der Waals surface area contributed by atoms with Crippen molar-refractivity contribution in [1.29, 1.82) is 0 Å². The molecule has 1 atom stereocenters. The van der Waals surface area contributed by atoms with Crippen molar-refractivity contribution >= 4 is 34.5 Å². The number of hydrogen-bond acceptors (Lipinski definition) is 4. The minimum absolute atomic E-state index is 0.00385. The summed E-state index contributed by atoms with van der Waals surface area (Å²) in [7, 11) is 0. The molecule has 34 heavy (non-hydrogen) atoms. The molecular formula is C24H23FN2O6S. The van der Waals surface area contributed by atoms with Crippen LogP contribution in [0.2, 0.25) is 0 Å². The number of carbonyl (C=O) groups excluding carboxylic acids is 1. The van der Waals surface area contributed by atoms with Gasteiger partial charge >= 0.3 is 5.97 Å². The smallest absolute Gasteiger partial charge is 0.307 e. The van der Waals surface area contributed by atoms with Gasteiger partial charge in [-0.1, -0.05) is 17.7 Å². The Hall–Kier alpha value is -3.76. The Kier molecular flexibility index (Phi) is 7.98. The number of halogens is 1. The van der Waals surface area contributed by atoms with E-state index in [0.29, 0.717) is 12.2 Å². The molecule has 0 fully saturated rings. The van der Waals surface area contributed by atoms with Crippen LogP contribution in [0.3, 0.4) is 0 Å². The summed E-state index contributed by atoms with van der Waals surface area (Å²) < 4.78 is 43.5. The van der Waals surface area contributed by atoms with E-state index in [2.05, 4.69) is 5.32 Å². The summed E-state index contributed by atoms with van der Waals surface area (Å²) in [4.78, 5) is 23.5. The Morgan fingerprint density at radius 3 is 2.41 bits per heavy atom. The van der Waals surface area contributed by atoms with Gasteiger partial charge in [0.2, 0.25) is 0 Å². The van der Waals surface area contributed by atoms with E-state index >= 15 is 0 Å². The lowest BCUT2D eigenvalue weighted by Crippen LogP contribution is -2.24. The maximum Gasteiger partial charge on any atom is 0.307 e. The molecule has 1 amide bonds. The zero-order chi connectivity index (χ0) is 24.8. The van der Waals surface area contributed by atoms with E-state index in [4.69, 9.17) is 9.84 Å². The maximum absolute atomic E-state index is 14.1. The van der Waals surface area contributed by atoms with Crippen LogP contribution in [0.1, 0.15) is 28.4 Å². The Balaban J connectivity index is 2.12. The number of carboxylic acid groups (broad SMARTS) is 1. The molecule has 0 aliphatic rings. The lowest BCUT2D eigenvalue weighted by Gasteiger charge is -2.23. The molecule has 0 aliphatic heterocycles. The van der Waals surface area contributed by atoms with Crippen molar-refractivity contribution < 1.29 is 32.6 Å². The molecule has 0 heterocycles. The molecule has 3 aromatic carbocycles. The molecule has 3 N–H and O–H groups in total. The molecule has 3 aromatic rings. The fourth-order valence-electron chi connectivity index (χ4n) is 3.24. The highest BCUT2D eigenvalue weighted by Crippen LogP contribution is 2.38. The van der Waals surface area contributed by atoms with Crippen LogP contribution in [0.15, 0.2) is 60.7 Å². The summed E-state index contributed by atoms with van der Waals surface area (Å²) in [6.07, 6.45) is -0.409. The van der Waals surface area contributed by atoms with E-state index < -0.39 is 35.4 Å². The standard InChI is InChI=1S/C24H23FN2O6S/c1-3-26-24(30)17-6-9-22(33-20-11-16(12-23(28)29)10-18(25)14-20)21(13-17)27(34(31)32)19-7-4-15(2)5-8-19/h4-11,13-14H,3,12H2,1-2H3,(H,26,30)(H,28,29)(H,31,32). The third-order valence-corrected chi connectivity index (χ3v) is 5.44. The number of anilines is 2. The van der Waals surface area contributed by atoms with Crippen molar-refractivity contribution in [2.45, 2.75) is 20.3 Å². The van der Waals surface area contributed by atoms with Crippen LogP contribution in [-0.4, -0.2) is 32.3 Å². The first-order valence-corrected chi connectivity index (χ1v) is 11.3. The van der Waals surface area contributed by atoms with Crippen LogP contribution in [0, 0.1) is 12.7 Å². The lowest BCUT2D eigenvalue weighted by atomic mass is 10.1. The Bertz CT molecular complexity index is 1230. The van der Waals surface area contributed by atoms with Crippen molar-refractivity contribution in [2.24, 2.45) is 0 Å². The molecule has 0 saturated heterocycles. The summed E-state index contributed by atoms with van der Waals surface area (Å²) in [6.45, 7) is 4.01.